The van der Waals surface area contributed by atoms with Crippen LogP contribution < -0.4 is 5.32 Å². The molecule has 106 valence electrons. The summed E-state index contributed by atoms with van der Waals surface area (Å²) in [5.74, 6) is 2.19. The van der Waals surface area contributed by atoms with Crippen molar-refractivity contribution in [2.24, 2.45) is 0 Å². The normalized spacial score (nSPS) is 11.2. The molecule has 0 fully saturated rings. The van der Waals surface area contributed by atoms with Crippen molar-refractivity contribution in [3.8, 4) is 0 Å². The molecule has 0 aromatic heterocycles. The zero-order valence-corrected chi connectivity index (χ0v) is 22.6. The number of nitrogens with zero attached hydrogens (tertiary/aromatic N) is 1. The van der Waals surface area contributed by atoms with Crippen molar-refractivity contribution in [1.29, 1.82) is 0 Å². The molecular weight excluding hydrogens is 665 g/mol. The fourth-order valence-electron chi connectivity index (χ4n) is 1.25. The number of carbonyl (C=O) groups is 1. The van der Waals surface area contributed by atoms with Gasteiger partial charge in [0.2, 0.25) is 0 Å². The van der Waals surface area contributed by atoms with Crippen LogP contribution in [0.3, 0.4) is 0 Å². The third-order valence-corrected chi connectivity index (χ3v) is 8.44. The summed E-state index contributed by atoms with van der Waals surface area (Å²) in [6, 6.07) is 0. The van der Waals surface area contributed by atoms with E-state index in [9.17, 15) is 4.79 Å². The van der Waals surface area contributed by atoms with Gasteiger partial charge in [0.05, 0.1) is 0 Å². The summed E-state index contributed by atoms with van der Waals surface area (Å²) in [5, 5.41) is 3.37. The molecule has 19 heavy (non-hydrogen) atoms. The van der Waals surface area contributed by atoms with Gasteiger partial charge in [0, 0.05) is 0 Å². The molecule has 0 bridgehead atoms. The van der Waals surface area contributed by atoms with E-state index in [-0.39, 0.29) is 6.09 Å². The molecule has 0 spiro atoms. The van der Waals surface area contributed by atoms with Gasteiger partial charge >= 0.3 is 155 Å². The second kappa shape index (κ2) is 12.3. The van der Waals surface area contributed by atoms with Crippen LogP contribution in [-0.2, 0) is 4.74 Å². The summed E-state index contributed by atoms with van der Waals surface area (Å²) >= 11 is 1.94. The molecule has 0 saturated heterocycles. The van der Waals surface area contributed by atoms with E-state index >= 15 is 0 Å². The Morgan fingerprint density at radius 3 is 2.32 bits per heavy atom. The molecule has 0 aromatic carbocycles. The zero-order chi connectivity index (χ0) is 14.7. The molecule has 0 aromatic rings. The van der Waals surface area contributed by atoms with Gasteiger partial charge in [0.1, 0.15) is 0 Å². The Kier molecular flexibility index (Phi) is 13.5. The summed E-state index contributed by atoms with van der Waals surface area (Å²) in [6.07, 6.45) is -0.188. The van der Waals surface area contributed by atoms with Crippen molar-refractivity contribution in [3.63, 3.8) is 0 Å². The van der Waals surface area contributed by atoms with Gasteiger partial charge in [-0.2, -0.15) is 0 Å². The molecule has 0 atom stereocenters. The Balaban J connectivity index is 4.10. The topological polar surface area (TPSA) is 41.6 Å². The summed E-state index contributed by atoms with van der Waals surface area (Å²) in [4.78, 5) is 13.9. The van der Waals surface area contributed by atoms with E-state index in [0.29, 0.717) is 0 Å². The van der Waals surface area contributed by atoms with Crippen LogP contribution in [0.25, 0.3) is 0 Å². The fraction of sp³-hybridized carbons (Fsp3) is 0.909. The molecule has 0 saturated carbocycles. The first-order valence-electron chi connectivity index (χ1n) is 6.22. The summed E-state index contributed by atoms with van der Waals surface area (Å²) in [5.41, 5.74) is -0.414. The molecule has 0 radical (unpaired) electrons. The Labute approximate surface area is 153 Å². The number of rotatable bonds is 9. The van der Waals surface area contributed by atoms with Crippen molar-refractivity contribution in [1.82, 2.24) is 10.2 Å². The second-order valence-corrected chi connectivity index (χ2v) is 14.2. The van der Waals surface area contributed by atoms with Gasteiger partial charge in [0.15, 0.2) is 0 Å². The molecule has 0 aliphatic carbocycles. The molecule has 0 heterocycles. The van der Waals surface area contributed by atoms with E-state index in [4.69, 9.17) is 4.74 Å². The number of amides is 1. The van der Waals surface area contributed by atoms with Gasteiger partial charge in [-0.3, -0.25) is 0 Å². The van der Waals surface area contributed by atoms with Crippen LogP contribution in [0, 0.1) is 0 Å². The Hall–Kier alpha value is 1.77. The maximum absolute atomic E-state index is 12.1. The Morgan fingerprint density at radius 1 is 1.16 bits per heavy atom. The number of hydrogen-bond donors (Lipinski definition) is 1. The van der Waals surface area contributed by atoms with Crippen LogP contribution in [0.1, 0.15) is 20.8 Å². The van der Waals surface area contributed by atoms with Crippen LogP contribution in [-0.4, -0.2) is 103 Å². The van der Waals surface area contributed by atoms with Gasteiger partial charge in [-0.15, -0.1) is 0 Å². The van der Waals surface area contributed by atoms with Crippen molar-refractivity contribution in [3.05, 3.63) is 0 Å². The minimum atomic E-state index is -0.414. The zero-order valence-electron chi connectivity index (χ0n) is 12.0. The van der Waals surface area contributed by atoms with Crippen LogP contribution in [0.4, 0.5) is 4.79 Å². The number of ether oxygens (including phenoxy) is 1. The summed E-state index contributed by atoms with van der Waals surface area (Å²) in [6.45, 7) is 9.12. The summed E-state index contributed by atoms with van der Waals surface area (Å²) in [7, 11) is 3.90. The first-order chi connectivity index (χ1) is 8.90. The maximum atomic E-state index is 12.1. The standard InChI is InChI=1S/C11H24N2O2S2.2Tl/c1-11(2,3)15-10(14)13(7-9-17)6-4-12-5-8-16;;/h12,16-17H,4-9H2,1-3H3;;/q;2*+1/p-2. The third kappa shape index (κ3) is 13.2. The number of carbonyl (C=O) groups excluding carboxylic acids is 1. The van der Waals surface area contributed by atoms with Gasteiger partial charge in [-0.1, -0.05) is 0 Å². The number of hydrogen-bond acceptors (Lipinski definition) is 5. The molecule has 0 aliphatic heterocycles. The van der Waals surface area contributed by atoms with Crippen molar-refractivity contribution in [2.75, 3.05) is 37.7 Å². The average molecular weight is 687 g/mol. The monoisotopic (exact) mass is 688 g/mol. The molecule has 0 rings (SSSR count). The van der Waals surface area contributed by atoms with E-state index in [1.807, 2.05) is 42.3 Å². The first-order valence-corrected chi connectivity index (χ1v) is 19.3. The predicted molar refractivity (Wildman–Crippen MR) is 87.1 cm³/mol. The van der Waals surface area contributed by atoms with Crippen molar-refractivity contribution in [2.45, 2.75) is 26.4 Å². The third-order valence-electron chi connectivity index (χ3n) is 2.09. The molecular formula is C11H22N2O2S2Tl2. The van der Waals surface area contributed by atoms with E-state index < -0.39 is 5.60 Å². The van der Waals surface area contributed by atoms with E-state index in [1.165, 1.54) is 5.75 Å². The van der Waals surface area contributed by atoms with Gasteiger partial charge < -0.3 is 0 Å². The molecule has 0 aliphatic rings. The van der Waals surface area contributed by atoms with Crippen LogP contribution in [0.5, 0.6) is 0 Å². The molecule has 1 N–H and O–H groups in total. The minimum absolute atomic E-state index is 0.188. The van der Waals surface area contributed by atoms with Crippen molar-refractivity contribution < 1.29 is 9.53 Å². The average Bonchev–Trinajstić information content (AvgIpc) is 2.30. The quantitative estimate of drug-likeness (QED) is 0.294. The first kappa shape index (κ1) is 20.8. The number of nitrogens with one attached hydrogen (secondary N) is 1. The summed E-state index contributed by atoms with van der Waals surface area (Å²) < 4.78 is 5.44. The van der Waals surface area contributed by atoms with Gasteiger partial charge in [0.25, 0.3) is 0 Å². The SMILES string of the molecule is CC(C)(C)OC(=O)N(CCNCC[S][Tl])CC[S][Tl]. The predicted octanol–water partition coefficient (Wildman–Crippen LogP) is 1.45. The Bertz CT molecular complexity index is 253. The van der Waals surface area contributed by atoms with E-state index in [2.05, 4.69) is 5.32 Å². The van der Waals surface area contributed by atoms with E-state index in [1.54, 1.807) is 0 Å². The molecule has 4 nitrogen and oxygen atoms in total. The second-order valence-electron chi connectivity index (χ2n) is 4.96. The van der Waals surface area contributed by atoms with Crippen molar-refractivity contribution >= 4 is 71.2 Å². The Morgan fingerprint density at radius 2 is 1.79 bits per heavy atom. The molecule has 8 heteroatoms. The van der Waals surface area contributed by atoms with Crippen LogP contribution >= 0.6 is 16.6 Å². The van der Waals surface area contributed by atoms with Crippen LogP contribution in [0.15, 0.2) is 0 Å². The molecule has 1 amide bonds. The fourth-order valence-corrected chi connectivity index (χ4v) is 4.45. The van der Waals surface area contributed by atoms with Gasteiger partial charge in [-0.25, -0.2) is 0 Å². The molecule has 0 unspecified atom stereocenters. The van der Waals surface area contributed by atoms with Crippen LogP contribution in [0.2, 0.25) is 0 Å². The van der Waals surface area contributed by atoms with E-state index in [0.717, 1.165) is 80.5 Å². The van der Waals surface area contributed by atoms with Gasteiger partial charge in [-0.05, 0) is 0 Å².